The van der Waals surface area contributed by atoms with Crippen LogP contribution in [0.25, 0.3) is 0 Å². The monoisotopic (exact) mass is 428 g/mol. The Hall–Kier alpha value is -1.43. The zero-order valence-electron chi connectivity index (χ0n) is 17.8. The summed E-state index contributed by atoms with van der Waals surface area (Å²) in [6, 6.07) is 12.9. The summed E-state index contributed by atoms with van der Waals surface area (Å²) in [5, 5.41) is 20.6. The Kier molecular flexibility index (Phi) is 7.80. The van der Waals surface area contributed by atoms with Gasteiger partial charge < -0.3 is 15.7 Å². The molecule has 1 saturated carbocycles. The van der Waals surface area contributed by atoms with Crippen molar-refractivity contribution in [1.82, 2.24) is 10.6 Å². The number of halogens is 1. The van der Waals surface area contributed by atoms with Gasteiger partial charge in [0, 0.05) is 16.6 Å². The van der Waals surface area contributed by atoms with E-state index in [2.05, 4.69) is 34.1 Å². The lowest BCUT2D eigenvalue weighted by Gasteiger charge is -2.21. The molecule has 1 aliphatic carbocycles. The molecule has 1 aliphatic heterocycles. The second-order valence-electron chi connectivity index (χ2n) is 8.75. The highest BCUT2D eigenvalue weighted by Crippen LogP contribution is 2.25. The Balaban J connectivity index is 1.37. The second kappa shape index (κ2) is 10.7. The molecule has 0 bridgehead atoms. The van der Waals surface area contributed by atoms with Crippen molar-refractivity contribution in [3.05, 3.63) is 63.7 Å². The molecule has 30 heavy (non-hydrogen) atoms. The van der Waals surface area contributed by atoms with Crippen LogP contribution < -0.4 is 16.0 Å². The molecule has 2 aromatic rings. The number of fused-ring (bicyclic) bond motifs is 1. The zero-order valence-corrected chi connectivity index (χ0v) is 18.6. The highest BCUT2D eigenvalue weighted by molar-refractivity contribution is 6.31. The Morgan fingerprint density at radius 2 is 1.73 bits per heavy atom. The van der Waals surface area contributed by atoms with Gasteiger partial charge >= 0.3 is 0 Å². The molecule has 1 fully saturated rings. The number of aliphatic hydroxyl groups excluding tert-OH is 1. The molecule has 4 nitrogen and oxygen atoms in total. The van der Waals surface area contributed by atoms with Gasteiger partial charge in [0.2, 0.25) is 0 Å². The summed E-state index contributed by atoms with van der Waals surface area (Å²) < 4.78 is 0. The number of hydrogen-bond acceptors (Lipinski definition) is 3. The molecule has 0 radical (unpaired) electrons. The van der Waals surface area contributed by atoms with Gasteiger partial charge in [-0.25, -0.2) is 0 Å². The normalized spacial score (nSPS) is 19.0. The van der Waals surface area contributed by atoms with Crippen LogP contribution in [0.5, 0.6) is 0 Å². The van der Waals surface area contributed by atoms with Gasteiger partial charge in [-0.15, -0.1) is 0 Å². The van der Waals surface area contributed by atoms with Crippen LogP contribution in [0.2, 0.25) is 5.02 Å². The molecule has 0 amide bonds. The standard InChI is InChI=1S/C25H34ClN3O/c26-24-12-9-18-13-15-27-16-14-22(18)23(24)17-28-20-10-7-19(8-11-20)25(30)29-21-5-3-1-2-4-6-21/h7-12,21,25,27-30H,1-6,13-17H2/p+1. The summed E-state index contributed by atoms with van der Waals surface area (Å²) in [6.07, 6.45) is 9.03. The summed E-state index contributed by atoms with van der Waals surface area (Å²) in [4.78, 5) is 0. The maximum atomic E-state index is 10.6. The fraction of sp³-hybridized carbons (Fsp3) is 0.520. The van der Waals surface area contributed by atoms with E-state index in [0.29, 0.717) is 6.04 Å². The van der Waals surface area contributed by atoms with Crippen molar-refractivity contribution >= 4 is 17.3 Å². The molecule has 5 N–H and O–H groups in total. The van der Waals surface area contributed by atoms with Crippen LogP contribution >= 0.6 is 11.6 Å². The molecule has 1 atom stereocenters. The lowest BCUT2D eigenvalue weighted by molar-refractivity contribution is -0.588. The van der Waals surface area contributed by atoms with Gasteiger partial charge in [-0.2, -0.15) is 0 Å². The molecular formula is C25H35ClN3O+. The Labute approximate surface area is 185 Å². The van der Waals surface area contributed by atoms with Crippen LogP contribution in [0.15, 0.2) is 36.4 Å². The van der Waals surface area contributed by atoms with Crippen LogP contribution in [0.4, 0.5) is 5.69 Å². The number of nitrogens with two attached hydrogens (primary N) is 1. The van der Waals surface area contributed by atoms with Gasteiger partial charge in [0.25, 0.3) is 0 Å². The molecule has 1 unspecified atom stereocenters. The second-order valence-corrected chi connectivity index (χ2v) is 9.15. The summed E-state index contributed by atoms with van der Waals surface area (Å²) in [5.41, 5.74) is 6.21. The van der Waals surface area contributed by atoms with Crippen molar-refractivity contribution in [2.24, 2.45) is 0 Å². The minimum Gasteiger partial charge on any atom is -0.374 e. The number of quaternary nitrogens is 1. The predicted molar refractivity (Wildman–Crippen MR) is 123 cm³/mol. The molecule has 4 rings (SSSR count). The van der Waals surface area contributed by atoms with Crippen LogP contribution in [0.3, 0.4) is 0 Å². The van der Waals surface area contributed by atoms with Gasteiger partial charge in [0.1, 0.15) is 18.5 Å². The molecule has 2 aliphatic rings. The third-order valence-electron chi connectivity index (χ3n) is 6.64. The fourth-order valence-electron chi connectivity index (χ4n) is 4.84. The molecular weight excluding hydrogens is 394 g/mol. The number of benzene rings is 2. The zero-order chi connectivity index (χ0) is 20.8. The summed E-state index contributed by atoms with van der Waals surface area (Å²) in [5.74, 6) is 0. The molecule has 0 saturated heterocycles. The first-order chi connectivity index (χ1) is 14.7. The summed E-state index contributed by atoms with van der Waals surface area (Å²) in [6.45, 7) is 2.89. The summed E-state index contributed by atoms with van der Waals surface area (Å²) in [7, 11) is 0. The number of nitrogens with one attached hydrogen (secondary N) is 2. The van der Waals surface area contributed by atoms with Gasteiger partial charge in [-0.1, -0.05) is 43.4 Å². The van der Waals surface area contributed by atoms with Crippen molar-refractivity contribution in [3.63, 3.8) is 0 Å². The fourth-order valence-corrected chi connectivity index (χ4v) is 5.09. The maximum Gasteiger partial charge on any atom is 0.131 e. The van der Waals surface area contributed by atoms with E-state index < -0.39 is 6.23 Å². The van der Waals surface area contributed by atoms with Gasteiger partial charge in [-0.3, -0.25) is 5.32 Å². The van der Waals surface area contributed by atoms with E-state index in [4.69, 9.17) is 11.6 Å². The number of aliphatic hydroxyl groups is 1. The molecule has 2 aromatic carbocycles. The van der Waals surface area contributed by atoms with E-state index in [9.17, 15) is 5.11 Å². The number of rotatable bonds is 6. The van der Waals surface area contributed by atoms with Gasteiger partial charge in [0.15, 0.2) is 0 Å². The SMILES string of the molecule is OC(NC1CCCCCC1)c1ccc([NH2+]Cc2c(Cl)ccc3c2CCNCC3)cc1. The van der Waals surface area contributed by atoms with Crippen LogP contribution in [-0.4, -0.2) is 24.2 Å². The first-order valence-electron chi connectivity index (χ1n) is 11.6. The van der Waals surface area contributed by atoms with E-state index in [1.165, 1.54) is 60.9 Å². The Morgan fingerprint density at radius 3 is 2.50 bits per heavy atom. The van der Waals surface area contributed by atoms with E-state index >= 15 is 0 Å². The Morgan fingerprint density at radius 1 is 1.00 bits per heavy atom. The van der Waals surface area contributed by atoms with Crippen LogP contribution in [0, 0.1) is 0 Å². The third-order valence-corrected chi connectivity index (χ3v) is 6.99. The van der Waals surface area contributed by atoms with Crippen molar-refractivity contribution < 1.29 is 10.4 Å². The maximum absolute atomic E-state index is 10.6. The largest absolute Gasteiger partial charge is 0.374 e. The molecule has 162 valence electrons. The van der Waals surface area contributed by atoms with Crippen molar-refractivity contribution in [1.29, 1.82) is 0 Å². The average molecular weight is 429 g/mol. The first-order valence-corrected chi connectivity index (χ1v) is 12.0. The van der Waals surface area contributed by atoms with Crippen molar-refractivity contribution in [2.45, 2.75) is 70.2 Å². The Bertz CT molecular complexity index is 816. The van der Waals surface area contributed by atoms with Crippen molar-refractivity contribution in [3.8, 4) is 0 Å². The minimum absolute atomic E-state index is 0.429. The highest BCUT2D eigenvalue weighted by Gasteiger charge is 2.18. The van der Waals surface area contributed by atoms with E-state index in [1.54, 1.807) is 0 Å². The van der Waals surface area contributed by atoms with Crippen LogP contribution in [0.1, 0.15) is 67.0 Å². The summed E-state index contributed by atoms with van der Waals surface area (Å²) >= 11 is 6.57. The molecule has 0 aromatic heterocycles. The smallest absolute Gasteiger partial charge is 0.131 e. The predicted octanol–water partition coefficient (Wildman–Crippen LogP) is 3.73. The first kappa shape index (κ1) is 21.8. The third kappa shape index (κ3) is 5.63. The molecule has 0 spiro atoms. The van der Waals surface area contributed by atoms with E-state index in [0.717, 1.165) is 43.1 Å². The number of hydrogen-bond donors (Lipinski definition) is 4. The highest BCUT2D eigenvalue weighted by atomic mass is 35.5. The lowest BCUT2D eigenvalue weighted by atomic mass is 9.97. The quantitative estimate of drug-likeness (QED) is 0.322. The molecule has 5 heteroatoms. The van der Waals surface area contributed by atoms with E-state index in [-0.39, 0.29) is 0 Å². The topological polar surface area (TPSA) is 60.9 Å². The van der Waals surface area contributed by atoms with Crippen LogP contribution in [-0.2, 0) is 19.4 Å². The van der Waals surface area contributed by atoms with Gasteiger partial charge in [0.05, 0.1) is 0 Å². The van der Waals surface area contributed by atoms with Crippen molar-refractivity contribution in [2.75, 3.05) is 13.1 Å². The minimum atomic E-state index is -0.589. The van der Waals surface area contributed by atoms with E-state index in [1.807, 2.05) is 18.2 Å². The molecule has 1 heterocycles. The average Bonchev–Trinajstić information content (AvgIpc) is 3.16. The lowest BCUT2D eigenvalue weighted by Crippen LogP contribution is -2.76. The van der Waals surface area contributed by atoms with Gasteiger partial charge in [-0.05, 0) is 85.8 Å².